The smallest absolute Gasteiger partial charge is 0.268 e. The molecular weight excluding hydrogens is 428 g/mol. The number of hydrogen-bond donors (Lipinski definition) is 2. The Hall–Kier alpha value is -3.45. The van der Waals surface area contributed by atoms with E-state index in [4.69, 9.17) is 4.74 Å². The number of fused-ring (bicyclic) bond motifs is 1. The molecule has 3 heterocycles. The average Bonchev–Trinajstić information content (AvgIpc) is 3.27. The van der Waals surface area contributed by atoms with E-state index in [1.165, 1.54) is 0 Å². The van der Waals surface area contributed by atoms with Crippen molar-refractivity contribution in [3.8, 4) is 0 Å². The molecule has 2 amide bonds. The number of pyridine rings is 1. The molecule has 0 radical (unpaired) electrons. The van der Waals surface area contributed by atoms with Crippen molar-refractivity contribution in [1.29, 1.82) is 0 Å². The summed E-state index contributed by atoms with van der Waals surface area (Å²) < 4.78 is 7.55. The summed E-state index contributed by atoms with van der Waals surface area (Å²) in [6.07, 6.45) is 3.30. The minimum Gasteiger partial charge on any atom is -0.373 e. The van der Waals surface area contributed by atoms with Gasteiger partial charge in [-0.3, -0.25) is 14.6 Å². The number of nitrogens with one attached hydrogen (secondary N) is 2. The lowest BCUT2D eigenvalue weighted by Crippen LogP contribution is -2.31. The molecule has 4 rings (SSSR count). The van der Waals surface area contributed by atoms with Gasteiger partial charge < -0.3 is 19.9 Å². The molecule has 0 bridgehead atoms. The van der Waals surface area contributed by atoms with Crippen LogP contribution in [0.5, 0.6) is 0 Å². The van der Waals surface area contributed by atoms with Crippen LogP contribution in [-0.4, -0.2) is 28.0 Å². The monoisotopic (exact) mass is 460 g/mol. The number of ether oxygens (including phenoxy) is 1. The second kappa shape index (κ2) is 10.7. The van der Waals surface area contributed by atoms with Gasteiger partial charge in [0.2, 0.25) is 0 Å². The minimum atomic E-state index is -0.204. The molecule has 0 aliphatic carbocycles. The summed E-state index contributed by atoms with van der Waals surface area (Å²) in [6.45, 7) is 7.34. The molecule has 0 saturated carbocycles. The van der Waals surface area contributed by atoms with E-state index in [0.717, 1.165) is 35.4 Å². The van der Waals surface area contributed by atoms with Gasteiger partial charge in [-0.2, -0.15) is 0 Å². The van der Waals surface area contributed by atoms with Gasteiger partial charge in [-0.25, -0.2) is 0 Å². The lowest BCUT2D eigenvalue weighted by atomic mass is 10.0. The van der Waals surface area contributed by atoms with Gasteiger partial charge in [-0.1, -0.05) is 50.2 Å². The zero-order valence-electron chi connectivity index (χ0n) is 20.0. The lowest BCUT2D eigenvalue weighted by molar-refractivity contribution is 0.0773. The Bertz CT molecular complexity index is 1140. The quantitative estimate of drug-likeness (QED) is 0.519. The molecule has 178 valence electrons. The molecule has 0 spiro atoms. The van der Waals surface area contributed by atoms with E-state index in [1.54, 1.807) is 12.3 Å². The van der Waals surface area contributed by atoms with Crippen molar-refractivity contribution < 1.29 is 14.3 Å². The third-order valence-corrected chi connectivity index (χ3v) is 6.35. The number of amides is 2. The van der Waals surface area contributed by atoms with Crippen LogP contribution in [0.1, 0.15) is 82.1 Å². The molecule has 2 aromatic heterocycles. The van der Waals surface area contributed by atoms with Crippen LogP contribution in [0.25, 0.3) is 0 Å². The van der Waals surface area contributed by atoms with E-state index in [1.807, 2.05) is 67.8 Å². The van der Waals surface area contributed by atoms with E-state index in [-0.39, 0.29) is 23.9 Å². The Morgan fingerprint density at radius 2 is 1.71 bits per heavy atom. The summed E-state index contributed by atoms with van der Waals surface area (Å²) in [5.74, 6) is -0.400. The van der Waals surface area contributed by atoms with Crippen LogP contribution in [0, 0.1) is 6.92 Å². The molecule has 7 heteroatoms. The first kappa shape index (κ1) is 23.7. The average molecular weight is 461 g/mol. The fraction of sp³-hybridized carbons (Fsp3) is 0.370. The summed E-state index contributed by atoms with van der Waals surface area (Å²) in [7, 11) is 0. The Labute approximate surface area is 200 Å². The number of nitrogens with zero attached hydrogens (tertiary/aromatic N) is 2. The normalized spacial score (nSPS) is 14.7. The van der Waals surface area contributed by atoms with Gasteiger partial charge in [0, 0.05) is 18.4 Å². The standard InChI is InChI=1S/C27H32N4O3/c1-4-22(19-9-7-6-8-10-19)29-26(32)21-15-24(31-13-14-34-17-25(21)31)27(33)30-23(5-2)20-12-11-18(3)28-16-20/h6-12,15-16,22-23H,4-5,13-14,17H2,1-3H3,(H,29,32)(H,30,33). The molecule has 1 aromatic carbocycles. The molecule has 1 aliphatic heterocycles. The summed E-state index contributed by atoms with van der Waals surface area (Å²) >= 11 is 0. The number of aryl methyl sites for hydroxylation is 1. The summed E-state index contributed by atoms with van der Waals surface area (Å²) in [4.78, 5) is 31.0. The van der Waals surface area contributed by atoms with Crippen molar-refractivity contribution in [2.24, 2.45) is 0 Å². The highest BCUT2D eigenvalue weighted by Crippen LogP contribution is 2.24. The summed E-state index contributed by atoms with van der Waals surface area (Å²) in [5.41, 5.74) is 4.66. The van der Waals surface area contributed by atoms with E-state index in [9.17, 15) is 9.59 Å². The van der Waals surface area contributed by atoms with Gasteiger partial charge in [-0.15, -0.1) is 0 Å². The number of carbonyl (C=O) groups excluding carboxylic acids is 2. The van der Waals surface area contributed by atoms with Crippen LogP contribution in [0.2, 0.25) is 0 Å². The molecule has 34 heavy (non-hydrogen) atoms. The van der Waals surface area contributed by atoms with Gasteiger partial charge >= 0.3 is 0 Å². The van der Waals surface area contributed by atoms with Crippen molar-refractivity contribution in [2.45, 2.75) is 58.8 Å². The first-order chi connectivity index (χ1) is 16.5. The molecule has 3 aromatic rings. The lowest BCUT2D eigenvalue weighted by Gasteiger charge is -2.22. The number of aromatic nitrogens is 2. The third-order valence-electron chi connectivity index (χ3n) is 6.35. The SMILES string of the molecule is CCC(NC(=O)c1cc(C(=O)NC(CC)c2ccc(C)nc2)n2c1COCC2)c1ccccc1. The van der Waals surface area contributed by atoms with Gasteiger partial charge in [0.05, 0.1) is 36.6 Å². The molecule has 7 nitrogen and oxygen atoms in total. The van der Waals surface area contributed by atoms with Crippen LogP contribution < -0.4 is 10.6 Å². The van der Waals surface area contributed by atoms with Gasteiger partial charge in [0.15, 0.2) is 0 Å². The predicted molar refractivity (Wildman–Crippen MR) is 131 cm³/mol. The molecule has 0 saturated heterocycles. The Morgan fingerprint density at radius 1 is 1.00 bits per heavy atom. The van der Waals surface area contributed by atoms with Gasteiger partial charge in [-0.05, 0) is 43.0 Å². The zero-order valence-corrected chi connectivity index (χ0v) is 20.0. The van der Waals surface area contributed by atoms with Crippen molar-refractivity contribution in [3.05, 3.63) is 88.5 Å². The van der Waals surface area contributed by atoms with E-state index in [2.05, 4.69) is 15.6 Å². The summed E-state index contributed by atoms with van der Waals surface area (Å²) in [5, 5.41) is 6.26. The number of benzene rings is 1. The minimum absolute atomic E-state index is 0.107. The zero-order chi connectivity index (χ0) is 24.1. The maximum atomic E-state index is 13.3. The second-order valence-corrected chi connectivity index (χ2v) is 8.61. The van der Waals surface area contributed by atoms with Crippen molar-refractivity contribution >= 4 is 11.8 Å². The first-order valence-corrected chi connectivity index (χ1v) is 11.9. The molecular formula is C27H32N4O3. The van der Waals surface area contributed by atoms with Crippen LogP contribution >= 0.6 is 0 Å². The van der Waals surface area contributed by atoms with E-state index >= 15 is 0 Å². The van der Waals surface area contributed by atoms with Crippen LogP contribution in [0.4, 0.5) is 0 Å². The van der Waals surface area contributed by atoms with Crippen molar-refractivity contribution in [2.75, 3.05) is 6.61 Å². The maximum Gasteiger partial charge on any atom is 0.268 e. The Morgan fingerprint density at radius 3 is 2.38 bits per heavy atom. The fourth-order valence-corrected chi connectivity index (χ4v) is 4.39. The molecule has 0 fully saturated rings. The second-order valence-electron chi connectivity index (χ2n) is 8.61. The largest absolute Gasteiger partial charge is 0.373 e. The fourth-order valence-electron chi connectivity index (χ4n) is 4.39. The topological polar surface area (TPSA) is 85.3 Å². The number of rotatable bonds is 8. The predicted octanol–water partition coefficient (Wildman–Crippen LogP) is 4.48. The van der Waals surface area contributed by atoms with Gasteiger partial charge in [0.1, 0.15) is 5.69 Å². The maximum absolute atomic E-state index is 13.3. The molecule has 1 aliphatic rings. The third kappa shape index (κ3) is 5.04. The van der Waals surface area contributed by atoms with E-state index < -0.39 is 0 Å². The van der Waals surface area contributed by atoms with Crippen LogP contribution in [0.15, 0.2) is 54.7 Å². The van der Waals surface area contributed by atoms with Crippen molar-refractivity contribution in [3.63, 3.8) is 0 Å². The Balaban J connectivity index is 1.58. The van der Waals surface area contributed by atoms with Gasteiger partial charge in [0.25, 0.3) is 11.8 Å². The molecule has 2 unspecified atom stereocenters. The van der Waals surface area contributed by atoms with Crippen molar-refractivity contribution in [1.82, 2.24) is 20.2 Å². The van der Waals surface area contributed by atoms with Crippen LogP contribution in [0.3, 0.4) is 0 Å². The Kier molecular flexibility index (Phi) is 7.43. The molecule has 2 N–H and O–H groups in total. The van der Waals surface area contributed by atoms with Crippen LogP contribution in [-0.2, 0) is 17.9 Å². The first-order valence-electron chi connectivity index (χ1n) is 11.9. The van der Waals surface area contributed by atoms with E-state index in [0.29, 0.717) is 31.0 Å². The molecule has 2 atom stereocenters. The number of carbonyl (C=O) groups is 2. The summed E-state index contributed by atoms with van der Waals surface area (Å²) in [6, 6.07) is 15.3. The highest BCUT2D eigenvalue weighted by molar-refractivity contribution is 6.01. The highest BCUT2D eigenvalue weighted by Gasteiger charge is 2.28. The highest BCUT2D eigenvalue weighted by atomic mass is 16.5. The number of hydrogen-bond acceptors (Lipinski definition) is 4.